The van der Waals surface area contributed by atoms with E-state index in [9.17, 15) is 0 Å². The highest BCUT2D eigenvalue weighted by Crippen LogP contribution is 2.37. The van der Waals surface area contributed by atoms with Gasteiger partial charge in [-0.05, 0) is 32.2 Å². The fourth-order valence-electron chi connectivity index (χ4n) is 3.01. The second-order valence-corrected chi connectivity index (χ2v) is 7.99. The molecule has 0 spiro atoms. The summed E-state index contributed by atoms with van der Waals surface area (Å²) >= 11 is 3.97. The van der Waals surface area contributed by atoms with Crippen molar-refractivity contribution in [1.29, 1.82) is 0 Å². The summed E-state index contributed by atoms with van der Waals surface area (Å²) in [7, 11) is 0. The monoisotopic (exact) mass is 313 g/mol. The lowest BCUT2D eigenvalue weighted by atomic mass is 9.86. The summed E-state index contributed by atoms with van der Waals surface area (Å²) in [5.74, 6) is 5.86. The van der Waals surface area contributed by atoms with Crippen molar-refractivity contribution in [2.45, 2.75) is 49.8 Å². The number of nitrogens with one attached hydrogen (secondary N) is 1. The minimum absolute atomic E-state index is 0.435. The zero-order valence-electron chi connectivity index (χ0n) is 12.0. The maximum atomic E-state index is 5.55. The third-order valence-corrected chi connectivity index (χ3v) is 6.88. The molecule has 2 heterocycles. The Morgan fingerprint density at radius 3 is 2.80 bits per heavy atom. The first-order valence-electron chi connectivity index (χ1n) is 7.63. The van der Waals surface area contributed by atoms with Gasteiger partial charge in [-0.25, -0.2) is 0 Å². The molecule has 0 bridgehead atoms. The van der Waals surface area contributed by atoms with E-state index in [0.29, 0.717) is 17.2 Å². The molecule has 2 fully saturated rings. The first-order valence-corrected chi connectivity index (χ1v) is 9.83. The Kier molecular flexibility index (Phi) is 5.29. The normalized spacial score (nSPS) is 31.4. The van der Waals surface area contributed by atoms with Gasteiger partial charge in [0.2, 0.25) is 5.89 Å². The second-order valence-electron chi connectivity index (χ2n) is 5.53. The van der Waals surface area contributed by atoms with E-state index in [0.717, 1.165) is 24.0 Å². The molecular weight excluding hydrogens is 290 g/mol. The van der Waals surface area contributed by atoms with Gasteiger partial charge in [0.15, 0.2) is 5.82 Å². The maximum absolute atomic E-state index is 5.55. The number of thioether (sulfide) groups is 2. The lowest BCUT2D eigenvalue weighted by Gasteiger charge is -2.26. The predicted octanol–water partition coefficient (Wildman–Crippen LogP) is 3.23. The van der Waals surface area contributed by atoms with Gasteiger partial charge in [-0.1, -0.05) is 12.1 Å². The fourth-order valence-corrected chi connectivity index (χ4v) is 5.60. The molecule has 0 aromatic carbocycles. The molecule has 1 unspecified atom stereocenters. The Labute approximate surface area is 129 Å². The van der Waals surface area contributed by atoms with Gasteiger partial charge in [0, 0.05) is 29.2 Å². The lowest BCUT2D eigenvalue weighted by molar-refractivity contribution is 0.284. The van der Waals surface area contributed by atoms with Gasteiger partial charge in [-0.15, -0.1) is 11.8 Å². The molecule has 112 valence electrons. The highest BCUT2D eigenvalue weighted by atomic mass is 32.2. The van der Waals surface area contributed by atoms with Crippen LogP contribution in [0.2, 0.25) is 0 Å². The molecule has 1 aromatic rings. The van der Waals surface area contributed by atoms with E-state index in [4.69, 9.17) is 9.51 Å². The molecule has 2 aliphatic rings. The summed E-state index contributed by atoms with van der Waals surface area (Å²) in [6.07, 6.45) is 4.80. The van der Waals surface area contributed by atoms with Crippen molar-refractivity contribution in [3.05, 3.63) is 11.7 Å². The molecule has 1 aliphatic heterocycles. The largest absolute Gasteiger partial charge is 0.339 e. The average Bonchev–Trinajstić information content (AvgIpc) is 2.99. The van der Waals surface area contributed by atoms with Crippen molar-refractivity contribution < 1.29 is 4.52 Å². The molecule has 20 heavy (non-hydrogen) atoms. The first-order chi connectivity index (χ1) is 9.86. The quantitative estimate of drug-likeness (QED) is 0.921. The lowest BCUT2D eigenvalue weighted by Crippen LogP contribution is -2.32. The smallest absolute Gasteiger partial charge is 0.229 e. The summed E-state index contributed by atoms with van der Waals surface area (Å²) in [5, 5.41) is 8.21. The molecule has 1 aromatic heterocycles. The maximum Gasteiger partial charge on any atom is 0.229 e. The topological polar surface area (TPSA) is 51.0 Å². The zero-order valence-corrected chi connectivity index (χ0v) is 13.6. The summed E-state index contributed by atoms with van der Waals surface area (Å²) < 4.78 is 5.55. The molecule has 0 radical (unpaired) electrons. The third-order valence-electron chi connectivity index (χ3n) is 4.13. The molecular formula is C14H23N3OS2. The van der Waals surface area contributed by atoms with Crippen molar-refractivity contribution in [2.75, 3.05) is 23.8 Å². The van der Waals surface area contributed by atoms with Crippen molar-refractivity contribution in [1.82, 2.24) is 15.5 Å². The average molecular weight is 313 g/mol. The minimum atomic E-state index is 0.435. The van der Waals surface area contributed by atoms with Crippen LogP contribution < -0.4 is 5.32 Å². The standard InChI is InChI=1S/C14H23N3OS2/c1-2-15-11-5-3-10(4-6-11)14-16-13(17-18-14)12-9-19-7-8-20-12/h10-12,15H,2-9H2,1H3. The van der Waals surface area contributed by atoms with Crippen molar-refractivity contribution in [3.8, 4) is 0 Å². The van der Waals surface area contributed by atoms with Crippen LogP contribution in [-0.4, -0.2) is 40.0 Å². The van der Waals surface area contributed by atoms with Crippen molar-refractivity contribution in [2.24, 2.45) is 0 Å². The highest BCUT2D eigenvalue weighted by molar-refractivity contribution is 8.06. The van der Waals surface area contributed by atoms with Crippen LogP contribution in [0, 0.1) is 0 Å². The third kappa shape index (κ3) is 3.52. The Hall–Kier alpha value is -0.200. The SMILES string of the molecule is CCNC1CCC(c2nc(C3CSCCS3)no2)CC1. The number of hydrogen-bond donors (Lipinski definition) is 1. The van der Waals surface area contributed by atoms with Gasteiger partial charge < -0.3 is 9.84 Å². The van der Waals surface area contributed by atoms with Crippen LogP contribution in [0.5, 0.6) is 0 Å². The first kappa shape index (κ1) is 14.7. The van der Waals surface area contributed by atoms with Crippen molar-refractivity contribution >= 4 is 23.5 Å². The van der Waals surface area contributed by atoms with Gasteiger partial charge in [0.25, 0.3) is 0 Å². The molecule has 3 rings (SSSR count). The van der Waals surface area contributed by atoms with Crippen LogP contribution in [-0.2, 0) is 0 Å². The van der Waals surface area contributed by atoms with Crippen molar-refractivity contribution in [3.63, 3.8) is 0 Å². The Bertz CT molecular complexity index is 412. The van der Waals surface area contributed by atoms with Crippen LogP contribution in [0.1, 0.15) is 55.5 Å². The van der Waals surface area contributed by atoms with E-state index in [2.05, 4.69) is 17.4 Å². The zero-order chi connectivity index (χ0) is 13.8. The second kappa shape index (κ2) is 7.18. The van der Waals surface area contributed by atoms with Crippen LogP contribution >= 0.6 is 23.5 Å². The Morgan fingerprint density at radius 2 is 2.10 bits per heavy atom. The summed E-state index contributed by atoms with van der Waals surface area (Å²) in [5.41, 5.74) is 0. The molecule has 0 amide bonds. The van der Waals surface area contributed by atoms with E-state index in [1.807, 2.05) is 23.5 Å². The molecule has 1 saturated carbocycles. The summed E-state index contributed by atoms with van der Waals surface area (Å²) in [6, 6.07) is 0.684. The van der Waals surface area contributed by atoms with Gasteiger partial charge in [0.05, 0.1) is 5.25 Å². The molecule has 1 aliphatic carbocycles. The van der Waals surface area contributed by atoms with E-state index >= 15 is 0 Å². The Morgan fingerprint density at radius 1 is 1.25 bits per heavy atom. The van der Waals surface area contributed by atoms with Crippen LogP contribution in [0.25, 0.3) is 0 Å². The van der Waals surface area contributed by atoms with E-state index in [-0.39, 0.29) is 0 Å². The number of hydrogen-bond acceptors (Lipinski definition) is 6. The highest BCUT2D eigenvalue weighted by Gasteiger charge is 2.28. The van der Waals surface area contributed by atoms with E-state index < -0.39 is 0 Å². The van der Waals surface area contributed by atoms with Crippen LogP contribution in [0.15, 0.2) is 4.52 Å². The van der Waals surface area contributed by atoms with Gasteiger partial charge >= 0.3 is 0 Å². The van der Waals surface area contributed by atoms with Crippen LogP contribution in [0.4, 0.5) is 0 Å². The van der Waals surface area contributed by atoms with Gasteiger partial charge in [-0.3, -0.25) is 0 Å². The molecule has 1 atom stereocenters. The van der Waals surface area contributed by atoms with Gasteiger partial charge in [0.1, 0.15) is 0 Å². The summed E-state index contributed by atoms with van der Waals surface area (Å²) in [6.45, 7) is 3.24. The van der Waals surface area contributed by atoms with Crippen LogP contribution in [0.3, 0.4) is 0 Å². The number of aromatic nitrogens is 2. The minimum Gasteiger partial charge on any atom is -0.339 e. The molecule has 4 nitrogen and oxygen atoms in total. The predicted molar refractivity (Wildman–Crippen MR) is 85.5 cm³/mol. The van der Waals surface area contributed by atoms with E-state index in [1.165, 1.54) is 37.2 Å². The molecule has 1 saturated heterocycles. The molecule has 1 N–H and O–H groups in total. The van der Waals surface area contributed by atoms with E-state index in [1.54, 1.807) is 0 Å². The molecule has 6 heteroatoms. The Balaban J connectivity index is 1.57. The number of nitrogens with zero attached hydrogens (tertiary/aromatic N) is 2. The fraction of sp³-hybridized carbons (Fsp3) is 0.857. The summed E-state index contributed by atoms with van der Waals surface area (Å²) in [4.78, 5) is 4.70. The number of rotatable bonds is 4. The van der Waals surface area contributed by atoms with Gasteiger partial charge in [-0.2, -0.15) is 16.7 Å².